The van der Waals surface area contributed by atoms with Gasteiger partial charge in [0, 0.05) is 19.0 Å². The summed E-state index contributed by atoms with van der Waals surface area (Å²) in [6.45, 7) is 2.49. The molecule has 1 saturated carbocycles. The first-order chi connectivity index (χ1) is 11.6. The number of carbonyl (C=O) groups excluding carboxylic acids is 2. The van der Waals surface area contributed by atoms with Gasteiger partial charge in [-0.3, -0.25) is 9.59 Å². The van der Waals surface area contributed by atoms with Gasteiger partial charge in [-0.2, -0.15) is 0 Å². The summed E-state index contributed by atoms with van der Waals surface area (Å²) in [6.07, 6.45) is 2.47. The molecule has 124 valence electrons. The lowest BCUT2D eigenvalue weighted by Crippen LogP contribution is -2.29. The number of anilines is 1. The molecule has 2 aromatic rings. The van der Waals surface area contributed by atoms with Crippen molar-refractivity contribution in [2.24, 2.45) is 5.92 Å². The monoisotopic (exact) mass is 341 g/mol. The Kier molecular flexibility index (Phi) is 3.84. The third-order valence-electron chi connectivity index (χ3n) is 4.58. The predicted molar refractivity (Wildman–Crippen MR) is 93.8 cm³/mol. The molecular formula is C18H19N3O2S. The maximum Gasteiger partial charge on any atom is 0.231 e. The van der Waals surface area contributed by atoms with Gasteiger partial charge >= 0.3 is 0 Å². The molecule has 6 heteroatoms. The van der Waals surface area contributed by atoms with E-state index in [2.05, 4.69) is 10.3 Å². The van der Waals surface area contributed by atoms with Crippen molar-refractivity contribution in [3.63, 3.8) is 0 Å². The van der Waals surface area contributed by atoms with Gasteiger partial charge in [0.25, 0.3) is 0 Å². The van der Waals surface area contributed by atoms with Gasteiger partial charge in [0.15, 0.2) is 5.13 Å². The van der Waals surface area contributed by atoms with Crippen molar-refractivity contribution < 1.29 is 9.59 Å². The summed E-state index contributed by atoms with van der Waals surface area (Å²) in [4.78, 5) is 31.9. The molecule has 0 spiro atoms. The number of aromatic nitrogens is 1. The molecule has 2 amide bonds. The first kappa shape index (κ1) is 15.3. The third kappa shape index (κ3) is 2.94. The Morgan fingerprint density at radius 3 is 2.75 bits per heavy atom. The molecule has 2 fully saturated rings. The van der Waals surface area contributed by atoms with Crippen molar-refractivity contribution in [2.45, 2.75) is 32.2 Å². The quantitative estimate of drug-likeness (QED) is 0.930. The largest absolute Gasteiger partial charge is 0.339 e. The molecule has 1 aliphatic carbocycles. The number of rotatable bonds is 4. The summed E-state index contributed by atoms with van der Waals surface area (Å²) < 4.78 is 0. The molecule has 1 saturated heterocycles. The number of amides is 2. The van der Waals surface area contributed by atoms with Gasteiger partial charge in [-0.15, -0.1) is 0 Å². The van der Waals surface area contributed by atoms with Gasteiger partial charge in [-0.1, -0.05) is 41.7 Å². The van der Waals surface area contributed by atoms with E-state index in [1.807, 2.05) is 42.2 Å². The molecule has 0 radical (unpaired) electrons. The number of hydrogen-bond acceptors (Lipinski definition) is 4. The summed E-state index contributed by atoms with van der Waals surface area (Å²) in [5.41, 5.74) is 2.01. The van der Waals surface area contributed by atoms with E-state index in [0.717, 1.165) is 29.0 Å². The zero-order valence-corrected chi connectivity index (χ0v) is 14.3. The number of thiazole rings is 1. The third-order valence-corrected chi connectivity index (χ3v) is 5.70. The minimum atomic E-state index is -0.262. The smallest absolute Gasteiger partial charge is 0.231 e. The van der Waals surface area contributed by atoms with Crippen LogP contribution in [0, 0.1) is 12.8 Å². The van der Waals surface area contributed by atoms with Crippen LogP contribution in [0.15, 0.2) is 30.3 Å². The van der Waals surface area contributed by atoms with E-state index in [9.17, 15) is 9.59 Å². The minimum Gasteiger partial charge on any atom is -0.339 e. The Bertz CT molecular complexity index is 783. The molecule has 1 aromatic carbocycles. The molecular weight excluding hydrogens is 322 g/mol. The second kappa shape index (κ2) is 6.02. The van der Waals surface area contributed by atoms with Crippen LogP contribution in [0.25, 0.3) is 10.4 Å². The highest BCUT2D eigenvalue weighted by atomic mass is 32.1. The average Bonchev–Trinajstić information content (AvgIpc) is 3.25. The number of carbonyl (C=O) groups is 2. The van der Waals surface area contributed by atoms with E-state index >= 15 is 0 Å². The van der Waals surface area contributed by atoms with Gasteiger partial charge in [0.05, 0.1) is 16.5 Å². The van der Waals surface area contributed by atoms with Crippen molar-refractivity contribution in [1.82, 2.24) is 9.88 Å². The van der Waals surface area contributed by atoms with Gasteiger partial charge in [-0.25, -0.2) is 4.98 Å². The molecule has 1 N–H and O–H groups in total. The summed E-state index contributed by atoms with van der Waals surface area (Å²) in [6, 6.07) is 10.4. The Hall–Kier alpha value is -2.21. The molecule has 2 aliphatic rings. The van der Waals surface area contributed by atoms with Gasteiger partial charge in [-0.05, 0) is 25.3 Å². The van der Waals surface area contributed by atoms with Crippen LogP contribution in [0.5, 0.6) is 0 Å². The van der Waals surface area contributed by atoms with E-state index in [-0.39, 0.29) is 17.7 Å². The summed E-state index contributed by atoms with van der Waals surface area (Å²) in [5, 5.41) is 3.51. The number of benzene rings is 1. The van der Waals surface area contributed by atoms with Crippen LogP contribution in [0.2, 0.25) is 0 Å². The fraction of sp³-hybridized carbons (Fsp3) is 0.389. The van der Waals surface area contributed by atoms with E-state index in [4.69, 9.17) is 0 Å². The Morgan fingerprint density at radius 2 is 2.04 bits per heavy atom. The van der Waals surface area contributed by atoms with Gasteiger partial charge < -0.3 is 10.2 Å². The lowest BCUT2D eigenvalue weighted by molar-refractivity contribution is -0.128. The molecule has 24 heavy (non-hydrogen) atoms. The van der Waals surface area contributed by atoms with E-state index in [1.165, 1.54) is 11.3 Å². The van der Waals surface area contributed by atoms with Crippen molar-refractivity contribution in [3.8, 4) is 10.4 Å². The van der Waals surface area contributed by atoms with Crippen LogP contribution in [-0.4, -0.2) is 34.3 Å². The van der Waals surface area contributed by atoms with E-state index < -0.39 is 0 Å². The van der Waals surface area contributed by atoms with Crippen molar-refractivity contribution in [2.75, 3.05) is 11.9 Å². The summed E-state index contributed by atoms with van der Waals surface area (Å²) in [7, 11) is 0. The van der Waals surface area contributed by atoms with Crippen molar-refractivity contribution in [3.05, 3.63) is 36.0 Å². The van der Waals surface area contributed by atoms with E-state index in [1.54, 1.807) is 0 Å². The number of likely N-dealkylation sites (tertiary alicyclic amines) is 1. The van der Waals surface area contributed by atoms with Crippen LogP contribution in [-0.2, 0) is 9.59 Å². The molecule has 0 unspecified atom stereocenters. The zero-order chi connectivity index (χ0) is 16.7. The maximum absolute atomic E-state index is 12.5. The predicted octanol–water partition coefficient (Wildman–Crippen LogP) is 3.07. The zero-order valence-electron chi connectivity index (χ0n) is 13.5. The second-order valence-electron chi connectivity index (χ2n) is 6.47. The lowest BCUT2D eigenvalue weighted by atomic mass is 10.1. The normalized spacial score (nSPS) is 20.5. The highest BCUT2D eigenvalue weighted by Gasteiger charge is 2.41. The fourth-order valence-corrected chi connectivity index (χ4v) is 4.14. The Morgan fingerprint density at radius 1 is 1.29 bits per heavy atom. The molecule has 1 aliphatic heterocycles. The van der Waals surface area contributed by atoms with E-state index in [0.29, 0.717) is 24.1 Å². The number of hydrogen-bond donors (Lipinski definition) is 1. The van der Waals surface area contributed by atoms with Crippen molar-refractivity contribution >= 4 is 28.3 Å². The van der Waals surface area contributed by atoms with Crippen molar-refractivity contribution in [1.29, 1.82) is 0 Å². The standard InChI is InChI=1S/C18H19N3O2S/c1-11-16(12-5-3-2-4-6-12)24-18(19-11)20-17(23)13-9-15(22)21(10-13)14-7-8-14/h2-6,13-14H,7-10H2,1H3,(H,19,20,23)/t13-/m0/s1. The molecule has 1 aromatic heterocycles. The molecule has 0 bridgehead atoms. The molecule has 5 nitrogen and oxygen atoms in total. The SMILES string of the molecule is Cc1nc(NC(=O)[C@H]2CC(=O)N(C3CC3)C2)sc1-c1ccccc1. The highest BCUT2D eigenvalue weighted by molar-refractivity contribution is 7.19. The first-order valence-electron chi connectivity index (χ1n) is 8.25. The van der Waals surface area contributed by atoms with Gasteiger partial charge in [0.1, 0.15) is 0 Å². The Labute approximate surface area is 144 Å². The van der Waals surface area contributed by atoms with Crippen LogP contribution < -0.4 is 5.32 Å². The number of nitrogens with zero attached hydrogens (tertiary/aromatic N) is 2. The second-order valence-corrected chi connectivity index (χ2v) is 7.47. The first-order valence-corrected chi connectivity index (χ1v) is 9.06. The van der Waals surface area contributed by atoms with Gasteiger partial charge in [0.2, 0.25) is 11.8 Å². The van der Waals surface area contributed by atoms with Crippen LogP contribution in [0.3, 0.4) is 0 Å². The number of nitrogens with one attached hydrogen (secondary N) is 1. The van der Waals surface area contributed by atoms with Crippen LogP contribution in [0.1, 0.15) is 25.0 Å². The lowest BCUT2D eigenvalue weighted by Gasteiger charge is -2.14. The Balaban J connectivity index is 1.46. The fourth-order valence-electron chi connectivity index (χ4n) is 3.16. The molecule has 4 rings (SSSR count). The highest BCUT2D eigenvalue weighted by Crippen LogP contribution is 2.35. The molecule has 2 heterocycles. The summed E-state index contributed by atoms with van der Waals surface area (Å²) >= 11 is 1.48. The maximum atomic E-state index is 12.5. The minimum absolute atomic E-state index is 0.0974. The summed E-state index contributed by atoms with van der Waals surface area (Å²) in [5.74, 6) is -0.250. The number of aryl methyl sites for hydroxylation is 1. The average molecular weight is 341 g/mol. The molecule has 1 atom stereocenters. The topological polar surface area (TPSA) is 62.3 Å². The van der Waals surface area contributed by atoms with Crippen LogP contribution in [0.4, 0.5) is 5.13 Å². The van der Waals surface area contributed by atoms with Crippen LogP contribution >= 0.6 is 11.3 Å².